The number of ether oxygens (including phenoxy) is 1. The monoisotopic (exact) mass is 430 g/mol. The number of halogens is 1. The molecule has 3 rings (SSSR count). The normalized spacial score (nSPS) is 11.9. The van der Waals surface area contributed by atoms with Crippen LogP contribution in [-0.4, -0.2) is 25.9 Å². The molecule has 1 aromatic heterocycles. The number of aryl methyl sites for hydroxylation is 1. The number of nitrogens with zero attached hydrogens (tertiary/aromatic N) is 3. The van der Waals surface area contributed by atoms with Crippen LogP contribution in [-0.2, 0) is 17.9 Å². The average Bonchev–Trinajstić information content (AvgIpc) is 3.10. The van der Waals surface area contributed by atoms with E-state index in [0.717, 1.165) is 11.3 Å². The van der Waals surface area contributed by atoms with Gasteiger partial charge in [0, 0.05) is 17.3 Å². The molecule has 2 aromatic carbocycles. The van der Waals surface area contributed by atoms with E-state index in [1.54, 1.807) is 12.1 Å². The molecule has 0 aliphatic rings. The summed E-state index contributed by atoms with van der Waals surface area (Å²) < 4.78 is 7.73. The van der Waals surface area contributed by atoms with Gasteiger partial charge in [-0.3, -0.25) is 4.79 Å². The zero-order chi connectivity index (χ0) is 20.8. The summed E-state index contributed by atoms with van der Waals surface area (Å²) in [5, 5.41) is 12.4. The molecular weight excluding hydrogens is 408 g/mol. The lowest BCUT2D eigenvalue weighted by Gasteiger charge is -2.13. The summed E-state index contributed by atoms with van der Waals surface area (Å²) in [5.74, 6) is 1.33. The van der Waals surface area contributed by atoms with Gasteiger partial charge in [-0.1, -0.05) is 41.1 Å². The minimum absolute atomic E-state index is 0.0801. The van der Waals surface area contributed by atoms with Crippen LogP contribution in [0.1, 0.15) is 25.2 Å². The van der Waals surface area contributed by atoms with E-state index in [0.29, 0.717) is 28.3 Å². The van der Waals surface area contributed by atoms with E-state index in [1.165, 1.54) is 11.8 Å². The minimum atomic E-state index is -0.323. The van der Waals surface area contributed by atoms with Crippen LogP contribution in [0.5, 0.6) is 5.75 Å². The number of nitrogens with one attached hydrogen (secondary N) is 1. The summed E-state index contributed by atoms with van der Waals surface area (Å²) in [6.07, 6.45) is 0. The molecule has 0 fully saturated rings. The van der Waals surface area contributed by atoms with Gasteiger partial charge in [-0.15, -0.1) is 10.2 Å². The molecule has 1 atom stereocenters. The fourth-order valence-corrected chi connectivity index (χ4v) is 3.66. The van der Waals surface area contributed by atoms with E-state index in [4.69, 9.17) is 16.3 Å². The van der Waals surface area contributed by atoms with Gasteiger partial charge >= 0.3 is 0 Å². The Balaban J connectivity index is 1.61. The lowest BCUT2D eigenvalue weighted by molar-refractivity contribution is -0.115. The second-order valence-electron chi connectivity index (χ2n) is 6.50. The standard InChI is InChI=1S/C21H23ClN4O2S/c1-4-26-19(13-28-18-11-7-16(22)8-12-18)24-25-21(26)29-15(3)20(27)23-17-9-5-14(2)6-10-17/h5-12,15H,4,13H2,1-3H3,(H,23,27)/t15-/m0/s1. The first-order chi connectivity index (χ1) is 14.0. The van der Waals surface area contributed by atoms with Gasteiger partial charge in [-0.05, 0) is 57.2 Å². The van der Waals surface area contributed by atoms with Crippen molar-refractivity contribution in [2.24, 2.45) is 0 Å². The van der Waals surface area contributed by atoms with Crippen molar-refractivity contribution in [1.29, 1.82) is 0 Å². The van der Waals surface area contributed by atoms with Crippen LogP contribution >= 0.6 is 23.4 Å². The molecule has 1 amide bonds. The molecular formula is C21H23ClN4O2S. The first-order valence-electron chi connectivity index (χ1n) is 9.31. The first-order valence-corrected chi connectivity index (χ1v) is 10.6. The Morgan fingerprint density at radius 2 is 1.86 bits per heavy atom. The third-order valence-corrected chi connectivity index (χ3v) is 5.59. The SMILES string of the molecule is CCn1c(COc2ccc(Cl)cc2)nnc1S[C@@H](C)C(=O)Nc1ccc(C)cc1. The Morgan fingerprint density at radius 1 is 1.17 bits per heavy atom. The van der Waals surface area contributed by atoms with E-state index >= 15 is 0 Å². The van der Waals surface area contributed by atoms with Gasteiger partial charge in [-0.2, -0.15) is 0 Å². The molecule has 0 spiro atoms. The summed E-state index contributed by atoms with van der Waals surface area (Å²) in [7, 11) is 0. The molecule has 0 saturated heterocycles. The first kappa shape index (κ1) is 21.2. The third-order valence-electron chi connectivity index (χ3n) is 4.26. The maximum atomic E-state index is 12.5. The highest BCUT2D eigenvalue weighted by molar-refractivity contribution is 8.00. The number of aromatic nitrogens is 3. The topological polar surface area (TPSA) is 69.0 Å². The van der Waals surface area contributed by atoms with Gasteiger partial charge in [0.15, 0.2) is 11.0 Å². The van der Waals surface area contributed by atoms with Crippen molar-refractivity contribution in [3.63, 3.8) is 0 Å². The zero-order valence-electron chi connectivity index (χ0n) is 16.6. The van der Waals surface area contributed by atoms with Crippen molar-refractivity contribution in [1.82, 2.24) is 14.8 Å². The molecule has 0 aliphatic carbocycles. The highest BCUT2D eigenvalue weighted by Crippen LogP contribution is 2.24. The minimum Gasteiger partial charge on any atom is -0.486 e. The van der Waals surface area contributed by atoms with E-state index in [9.17, 15) is 4.79 Å². The largest absolute Gasteiger partial charge is 0.486 e. The van der Waals surface area contributed by atoms with Gasteiger partial charge in [0.1, 0.15) is 12.4 Å². The van der Waals surface area contributed by atoms with Crippen LogP contribution in [0.25, 0.3) is 0 Å². The Hall–Kier alpha value is -2.51. The molecule has 1 heterocycles. The van der Waals surface area contributed by atoms with Crippen LogP contribution in [0.3, 0.4) is 0 Å². The van der Waals surface area contributed by atoms with Gasteiger partial charge in [-0.25, -0.2) is 0 Å². The predicted molar refractivity (Wildman–Crippen MR) is 117 cm³/mol. The summed E-state index contributed by atoms with van der Waals surface area (Å²) in [6.45, 7) is 6.84. The third kappa shape index (κ3) is 5.74. The Morgan fingerprint density at radius 3 is 2.52 bits per heavy atom. The zero-order valence-corrected chi connectivity index (χ0v) is 18.1. The fourth-order valence-electron chi connectivity index (χ4n) is 2.60. The van der Waals surface area contributed by atoms with Crippen LogP contribution in [0.15, 0.2) is 53.7 Å². The van der Waals surface area contributed by atoms with Crippen molar-refractivity contribution < 1.29 is 9.53 Å². The number of thioether (sulfide) groups is 1. The van der Waals surface area contributed by atoms with Crippen LogP contribution in [0.2, 0.25) is 5.02 Å². The molecule has 0 unspecified atom stereocenters. The molecule has 0 bridgehead atoms. The fraction of sp³-hybridized carbons (Fsp3) is 0.286. The summed E-state index contributed by atoms with van der Waals surface area (Å²) in [5.41, 5.74) is 1.93. The van der Waals surface area contributed by atoms with Crippen LogP contribution in [0, 0.1) is 6.92 Å². The number of rotatable bonds is 8. The van der Waals surface area contributed by atoms with Crippen molar-refractivity contribution >= 4 is 35.0 Å². The molecule has 8 heteroatoms. The van der Waals surface area contributed by atoms with Crippen molar-refractivity contribution in [3.05, 3.63) is 64.9 Å². The molecule has 152 valence electrons. The molecule has 29 heavy (non-hydrogen) atoms. The molecule has 0 saturated carbocycles. The number of hydrogen-bond acceptors (Lipinski definition) is 5. The summed E-state index contributed by atoms with van der Waals surface area (Å²) in [6, 6.07) is 14.9. The second kappa shape index (κ2) is 9.80. The number of benzene rings is 2. The predicted octanol–water partition coefficient (Wildman–Crippen LogP) is 4.96. The van der Waals surface area contributed by atoms with Gasteiger partial charge in [0.2, 0.25) is 5.91 Å². The van der Waals surface area contributed by atoms with Gasteiger partial charge in [0.05, 0.1) is 5.25 Å². The van der Waals surface area contributed by atoms with E-state index in [-0.39, 0.29) is 17.8 Å². The van der Waals surface area contributed by atoms with Crippen molar-refractivity contribution in [3.8, 4) is 5.75 Å². The number of carbonyl (C=O) groups is 1. The maximum absolute atomic E-state index is 12.5. The summed E-state index contributed by atoms with van der Waals surface area (Å²) in [4.78, 5) is 12.5. The Labute approximate surface area is 179 Å². The van der Waals surface area contributed by atoms with E-state index in [2.05, 4.69) is 15.5 Å². The highest BCUT2D eigenvalue weighted by Gasteiger charge is 2.20. The smallest absolute Gasteiger partial charge is 0.237 e. The molecule has 3 aromatic rings. The maximum Gasteiger partial charge on any atom is 0.237 e. The average molecular weight is 431 g/mol. The number of amides is 1. The number of carbonyl (C=O) groups excluding carboxylic acids is 1. The van der Waals surface area contributed by atoms with Crippen LogP contribution in [0.4, 0.5) is 5.69 Å². The molecule has 1 N–H and O–H groups in total. The quantitative estimate of drug-likeness (QED) is 0.511. The van der Waals surface area contributed by atoms with Gasteiger partial charge in [0.25, 0.3) is 0 Å². The Kier molecular flexibility index (Phi) is 7.17. The second-order valence-corrected chi connectivity index (χ2v) is 8.25. The van der Waals surface area contributed by atoms with Gasteiger partial charge < -0.3 is 14.6 Å². The molecule has 0 aliphatic heterocycles. The number of hydrogen-bond donors (Lipinski definition) is 1. The lowest BCUT2D eigenvalue weighted by atomic mass is 10.2. The number of anilines is 1. The molecule has 6 nitrogen and oxygen atoms in total. The van der Waals surface area contributed by atoms with E-state index < -0.39 is 0 Å². The Bertz CT molecular complexity index is 958. The lowest BCUT2D eigenvalue weighted by Crippen LogP contribution is -2.23. The van der Waals surface area contributed by atoms with Crippen LogP contribution < -0.4 is 10.1 Å². The van der Waals surface area contributed by atoms with Crippen molar-refractivity contribution in [2.75, 3.05) is 5.32 Å². The summed E-state index contributed by atoms with van der Waals surface area (Å²) >= 11 is 7.27. The highest BCUT2D eigenvalue weighted by atomic mass is 35.5. The van der Waals surface area contributed by atoms with E-state index in [1.807, 2.05) is 61.7 Å². The molecule has 0 radical (unpaired) electrons. The van der Waals surface area contributed by atoms with Crippen molar-refractivity contribution in [2.45, 2.75) is 44.3 Å².